The first-order chi connectivity index (χ1) is 9.13. The Morgan fingerprint density at radius 3 is 2.79 bits per heavy atom. The summed E-state index contributed by atoms with van der Waals surface area (Å²) in [6.45, 7) is 4.26. The number of fused-ring (bicyclic) bond motifs is 1. The number of hydrogen-bond donors (Lipinski definition) is 1. The molecule has 0 saturated carbocycles. The number of anilines is 1. The minimum absolute atomic E-state index is 0.0866. The van der Waals surface area contributed by atoms with E-state index in [0.29, 0.717) is 0 Å². The summed E-state index contributed by atoms with van der Waals surface area (Å²) < 4.78 is 5.46. The number of amides is 1. The average molecular weight is 253 g/mol. The lowest BCUT2D eigenvalue weighted by Gasteiger charge is -2.19. The normalized spacial score (nSPS) is 13.5. The predicted octanol–water partition coefficient (Wildman–Crippen LogP) is 3.30. The highest BCUT2D eigenvalue weighted by Crippen LogP contribution is 2.34. The van der Waals surface area contributed by atoms with Crippen molar-refractivity contribution < 1.29 is 9.53 Å². The van der Waals surface area contributed by atoms with Crippen molar-refractivity contribution in [3.8, 4) is 16.9 Å². The molecule has 0 aromatic heterocycles. The van der Waals surface area contributed by atoms with Crippen molar-refractivity contribution in [1.82, 2.24) is 0 Å². The second-order valence-corrected chi connectivity index (χ2v) is 4.87. The van der Waals surface area contributed by atoms with Crippen LogP contribution in [0.3, 0.4) is 0 Å². The van der Waals surface area contributed by atoms with E-state index in [1.807, 2.05) is 18.2 Å². The molecule has 0 radical (unpaired) electrons. The lowest BCUT2D eigenvalue weighted by Crippen LogP contribution is -2.25. The molecule has 96 valence electrons. The third-order valence-corrected chi connectivity index (χ3v) is 3.32. The SMILES string of the molecule is Cc1ccc(C)c(-c2ccc3c(c2)OCC(=O)N3)c1. The van der Waals surface area contributed by atoms with Crippen LogP contribution in [-0.4, -0.2) is 12.5 Å². The molecular formula is C16H15NO2. The molecule has 3 nitrogen and oxygen atoms in total. The van der Waals surface area contributed by atoms with Crippen molar-refractivity contribution in [1.29, 1.82) is 0 Å². The third-order valence-electron chi connectivity index (χ3n) is 3.32. The first-order valence-corrected chi connectivity index (χ1v) is 6.28. The fraction of sp³-hybridized carbons (Fsp3) is 0.188. The van der Waals surface area contributed by atoms with E-state index < -0.39 is 0 Å². The Morgan fingerprint density at radius 1 is 1.11 bits per heavy atom. The first-order valence-electron chi connectivity index (χ1n) is 6.28. The quantitative estimate of drug-likeness (QED) is 0.846. The molecular weight excluding hydrogens is 238 g/mol. The van der Waals surface area contributed by atoms with Crippen LogP contribution in [0, 0.1) is 13.8 Å². The number of benzene rings is 2. The minimum atomic E-state index is -0.105. The molecule has 0 fully saturated rings. The van der Waals surface area contributed by atoms with E-state index in [1.54, 1.807) is 0 Å². The van der Waals surface area contributed by atoms with Gasteiger partial charge in [-0.25, -0.2) is 0 Å². The van der Waals surface area contributed by atoms with Crippen LogP contribution in [0.1, 0.15) is 11.1 Å². The molecule has 0 unspecified atom stereocenters. The van der Waals surface area contributed by atoms with Gasteiger partial charge in [-0.3, -0.25) is 4.79 Å². The molecule has 0 saturated heterocycles. The Balaban J connectivity index is 2.07. The van der Waals surface area contributed by atoms with Crippen LogP contribution in [0.15, 0.2) is 36.4 Å². The van der Waals surface area contributed by atoms with Gasteiger partial charge in [0.1, 0.15) is 5.75 Å². The van der Waals surface area contributed by atoms with Gasteiger partial charge < -0.3 is 10.1 Å². The summed E-state index contributed by atoms with van der Waals surface area (Å²) in [5.74, 6) is 0.630. The van der Waals surface area contributed by atoms with Crippen molar-refractivity contribution in [3.63, 3.8) is 0 Å². The van der Waals surface area contributed by atoms with Crippen LogP contribution in [0.2, 0.25) is 0 Å². The molecule has 1 amide bonds. The van der Waals surface area contributed by atoms with Crippen LogP contribution in [-0.2, 0) is 4.79 Å². The lowest BCUT2D eigenvalue weighted by atomic mass is 9.98. The molecule has 19 heavy (non-hydrogen) atoms. The summed E-state index contributed by atoms with van der Waals surface area (Å²) in [4.78, 5) is 11.2. The lowest BCUT2D eigenvalue weighted by molar-refractivity contribution is -0.118. The van der Waals surface area contributed by atoms with Crippen LogP contribution >= 0.6 is 0 Å². The van der Waals surface area contributed by atoms with Crippen LogP contribution in [0.5, 0.6) is 5.75 Å². The summed E-state index contributed by atoms with van der Waals surface area (Å²) in [5, 5.41) is 2.80. The molecule has 3 heteroatoms. The van der Waals surface area contributed by atoms with Crippen LogP contribution in [0.25, 0.3) is 11.1 Å². The van der Waals surface area contributed by atoms with E-state index in [0.717, 1.165) is 17.0 Å². The van der Waals surface area contributed by atoms with Gasteiger partial charge in [0.15, 0.2) is 6.61 Å². The zero-order chi connectivity index (χ0) is 13.4. The number of aryl methyl sites for hydroxylation is 2. The third kappa shape index (κ3) is 2.19. The molecule has 2 aromatic carbocycles. The molecule has 0 bridgehead atoms. The van der Waals surface area contributed by atoms with Crippen molar-refractivity contribution >= 4 is 11.6 Å². The number of rotatable bonds is 1. The minimum Gasteiger partial charge on any atom is -0.482 e. The van der Waals surface area contributed by atoms with E-state index in [9.17, 15) is 4.79 Å². The zero-order valence-corrected chi connectivity index (χ0v) is 11.0. The molecule has 0 atom stereocenters. The maximum absolute atomic E-state index is 11.2. The molecule has 0 aliphatic carbocycles. The van der Waals surface area contributed by atoms with E-state index >= 15 is 0 Å². The second kappa shape index (κ2) is 4.43. The number of nitrogens with one attached hydrogen (secondary N) is 1. The predicted molar refractivity (Wildman–Crippen MR) is 75.5 cm³/mol. The number of hydrogen-bond acceptors (Lipinski definition) is 2. The Labute approximate surface area is 112 Å². The highest BCUT2D eigenvalue weighted by atomic mass is 16.5. The van der Waals surface area contributed by atoms with Crippen molar-refractivity contribution in [3.05, 3.63) is 47.5 Å². The molecule has 1 N–H and O–H groups in total. The largest absolute Gasteiger partial charge is 0.482 e. The summed E-state index contributed by atoms with van der Waals surface area (Å²) in [5.41, 5.74) is 5.50. The maximum Gasteiger partial charge on any atom is 0.262 e. The monoisotopic (exact) mass is 253 g/mol. The Morgan fingerprint density at radius 2 is 1.95 bits per heavy atom. The van der Waals surface area contributed by atoms with Gasteiger partial charge in [-0.15, -0.1) is 0 Å². The molecule has 2 aromatic rings. The Kier molecular flexibility index (Phi) is 2.75. The van der Waals surface area contributed by atoms with E-state index in [4.69, 9.17) is 4.74 Å². The van der Waals surface area contributed by atoms with Crippen molar-refractivity contribution in [2.45, 2.75) is 13.8 Å². The van der Waals surface area contributed by atoms with Gasteiger partial charge in [0.2, 0.25) is 0 Å². The first kappa shape index (κ1) is 11.8. The van der Waals surface area contributed by atoms with Gasteiger partial charge >= 0.3 is 0 Å². The molecule has 1 aliphatic heterocycles. The number of carbonyl (C=O) groups excluding carboxylic acids is 1. The van der Waals surface area contributed by atoms with E-state index in [1.165, 1.54) is 16.7 Å². The van der Waals surface area contributed by atoms with Gasteiger partial charge in [-0.1, -0.05) is 29.8 Å². The standard InChI is InChI=1S/C16H15NO2/c1-10-3-4-11(2)13(7-10)12-5-6-14-15(8-12)19-9-16(18)17-14/h3-8H,9H2,1-2H3,(H,17,18). The van der Waals surface area contributed by atoms with Gasteiger partial charge in [-0.2, -0.15) is 0 Å². The van der Waals surface area contributed by atoms with Crippen molar-refractivity contribution in [2.24, 2.45) is 0 Å². The van der Waals surface area contributed by atoms with Gasteiger partial charge in [0.05, 0.1) is 5.69 Å². The van der Waals surface area contributed by atoms with Crippen molar-refractivity contribution in [2.75, 3.05) is 11.9 Å². The number of carbonyl (C=O) groups is 1. The highest BCUT2D eigenvalue weighted by Gasteiger charge is 2.16. The van der Waals surface area contributed by atoms with Crippen LogP contribution < -0.4 is 10.1 Å². The fourth-order valence-electron chi connectivity index (χ4n) is 2.29. The van der Waals surface area contributed by atoms with Crippen LogP contribution in [0.4, 0.5) is 5.69 Å². The summed E-state index contributed by atoms with van der Waals surface area (Å²) in [7, 11) is 0. The molecule has 3 rings (SSSR count). The number of ether oxygens (including phenoxy) is 1. The topological polar surface area (TPSA) is 38.3 Å². The van der Waals surface area contributed by atoms with Gasteiger partial charge in [0.25, 0.3) is 5.91 Å². The van der Waals surface area contributed by atoms with E-state index in [-0.39, 0.29) is 12.5 Å². The fourth-order valence-corrected chi connectivity index (χ4v) is 2.29. The van der Waals surface area contributed by atoms with Gasteiger partial charge in [0, 0.05) is 0 Å². The second-order valence-electron chi connectivity index (χ2n) is 4.87. The zero-order valence-electron chi connectivity index (χ0n) is 11.0. The Hall–Kier alpha value is -2.29. The van der Waals surface area contributed by atoms with Gasteiger partial charge in [-0.05, 0) is 42.7 Å². The van der Waals surface area contributed by atoms with E-state index in [2.05, 4.69) is 37.4 Å². The molecule has 1 aliphatic rings. The molecule has 0 spiro atoms. The molecule has 1 heterocycles. The Bertz CT molecular complexity index is 662. The average Bonchev–Trinajstić information content (AvgIpc) is 2.41. The smallest absolute Gasteiger partial charge is 0.262 e. The highest BCUT2D eigenvalue weighted by molar-refractivity contribution is 5.96. The summed E-state index contributed by atoms with van der Waals surface area (Å²) in [6, 6.07) is 12.3. The summed E-state index contributed by atoms with van der Waals surface area (Å²) >= 11 is 0. The maximum atomic E-state index is 11.2. The summed E-state index contributed by atoms with van der Waals surface area (Å²) in [6.07, 6.45) is 0.